The molecule has 0 spiro atoms. The Hall–Kier alpha value is -3.84. The van der Waals surface area contributed by atoms with Gasteiger partial charge in [-0.25, -0.2) is 4.98 Å². The molecule has 0 saturated heterocycles. The van der Waals surface area contributed by atoms with Gasteiger partial charge in [0.05, 0.1) is 12.9 Å². The molecule has 6 rings (SSSR count). The normalized spacial score (nSPS) is 15.9. The maximum Gasteiger partial charge on any atom is 0.251 e. The fourth-order valence-electron chi connectivity index (χ4n) is 5.86. The minimum Gasteiger partial charge on any atom is -0.484 e. The number of hydrogen-bond donors (Lipinski definition) is 1. The molecule has 41 heavy (non-hydrogen) atoms. The van der Waals surface area contributed by atoms with Crippen molar-refractivity contribution in [1.29, 1.82) is 0 Å². The second kappa shape index (κ2) is 12.8. The Balaban J connectivity index is 1.24. The van der Waals surface area contributed by atoms with E-state index in [1.807, 2.05) is 65.4 Å². The quantitative estimate of drug-likeness (QED) is 0.206. The lowest BCUT2D eigenvalue weighted by atomic mass is 9.87. The number of aromatic nitrogens is 2. The molecule has 7 heteroatoms. The molecule has 4 aromatic rings. The molecular weight excluding hydrogens is 530 g/mol. The van der Waals surface area contributed by atoms with Crippen molar-refractivity contribution in [2.24, 2.45) is 0 Å². The van der Waals surface area contributed by atoms with Gasteiger partial charge in [0.2, 0.25) is 0 Å². The lowest BCUT2D eigenvalue weighted by Gasteiger charge is -2.25. The van der Waals surface area contributed by atoms with Gasteiger partial charge >= 0.3 is 0 Å². The first-order valence-electron chi connectivity index (χ1n) is 14.5. The highest BCUT2D eigenvalue weighted by atomic mass is 32.2. The zero-order valence-corrected chi connectivity index (χ0v) is 23.9. The third kappa shape index (κ3) is 6.57. The summed E-state index contributed by atoms with van der Waals surface area (Å²) in [7, 11) is 0. The monoisotopic (exact) mass is 565 g/mol. The fourth-order valence-corrected chi connectivity index (χ4v) is 6.82. The number of Topliss-reactive ketones (excluding diaryl/α,β-unsaturated/α-hetero) is 1. The molecule has 210 valence electrons. The van der Waals surface area contributed by atoms with Crippen LogP contribution in [0.25, 0.3) is 0 Å². The van der Waals surface area contributed by atoms with Crippen molar-refractivity contribution in [2.45, 2.75) is 74.3 Å². The maximum atomic E-state index is 12.8. The third-order valence-corrected chi connectivity index (χ3v) is 9.12. The molecule has 2 aliphatic rings. The minimum atomic E-state index is -0.218. The SMILES string of the molecule is O=C(NC1CCCC1)c1ccc(SCc2c(O[C@H](Cn3ccnc3)c3ccccc3)ccc3c2CCCC3=O)cc1. The van der Waals surface area contributed by atoms with Gasteiger partial charge in [-0.3, -0.25) is 9.59 Å². The number of amides is 1. The summed E-state index contributed by atoms with van der Waals surface area (Å²) in [5.74, 6) is 1.70. The number of thioether (sulfide) groups is 1. The van der Waals surface area contributed by atoms with Gasteiger partial charge in [0, 0.05) is 52.2 Å². The highest BCUT2D eigenvalue weighted by Gasteiger charge is 2.25. The van der Waals surface area contributed by atoms with E-state index in [0.29, 0.717) is 30.3 Å². The zero-order chi connectivity index (χ0) is 28.0. The van der Waals surface area contributed by atoms with Crippen molar-refractivity contribution < 1.29 is 14.3 Å². The molecule has 1 aromatic heterocycles. The van der Waals surface area contributed by atoms with Crippen LogP contribution in [0.2, 0.25) is 0 Å². The first kappa shape index (κ1) is 27.3. The lowest BCUT2D eigenvalue weighted by Crippen LogP contribution is -2.32. The lowest BCUT2D eigenvalue weighted by molar-refractivity contribution is 0.0936. The number of ketones is 1. The van der Waals surface area contributed by atoms with Gasteiger partial charge in [0.15, 0.2) is 5.78 Å². The van der Waals surface area contributed by atoms with Gasteiger partial charge in [0.25, 0.3) is 5.91 Å². The second-order valence-electron chi connectivity index (χ2n) is 10.9. The molecular formula is C34H35N3O3S. The van der Waals surface area contributed by atoms with Gasteiger partial charge in [-0.1, -0.05) is 43.2 Å². The Morgan fingerprint density at radius 3 is 2.56 bits per heavy atom. The summed E-state index contributed by atoms with van der Waals surface area (Å²) in [5.41, 5.74) is 4.78. The number of benzene rings is 3. The van der Waals surface area contributed by atoms with Crippen LogP contribution in [0.5, 0.6) is 5.75 Å². The molecule has 1 heterocycles. The number of fused-ring (bicyclic) bond motifs is 1. The standard InChI is InChI=1S/C34H35N3O3S/c38-31-12-6-11-28-29(31)17-18-32(40-33(21-37-20-19-35-23-37)24-7-2-1-3-8-24)30(28)22-41-27-15-13-25(14-16-27)34(39)36-26-9-4-5-10-26/h1-3,7-8,13-20,23,26,33H,4-6,9-12,21-22H2,(H,36,39)/t33-/m1/s1. The van der Waals surface area contributed by atoms with E-state index < -0.39 is 0 Å². The number of hydrogen-bond acceptors (Lipinski definition) is 5. The Labute approximate surface area is 245 Å². The van der Waals surface area contributed by atoms with Crippen LogP contribution in [0.1, 0.15) is 82.0 Å². The van der Waals surface area contributed by atoms with Gasteiger partial charge in [-0.15, -0.1) is 11.8 Å². The van der Waals surface area contributed by atoms with Crippen molar-refractivity contribution in [3.63, 3.8) is 0 Å². The predicted molar refractivity (Wildman–Crippen MR) is 161 cm³/mol. The summed E-state index contributed by atoms with van der Waals surface area (Å²) >= 11 is 1.71. The number of carbonyl (C=O) groups is 2. The van der Waals surface area contributed by atoms with E-state index in [2.05, 4.69) is 22.4 Å². The first-order valence-corrected chi connectivity index (χ1v) is 15.5. The summed E-state index contributed by atoms with van der Waals surface area (Å²) in [6, 6.07) is 22.3. The highest BCUT2D eigenvalue weighted by molar-refractivity contribution is 7.98. The molecule has 1 saturated carbocycles. The smallest absolute Gasteiger partial charge is 0.251 e. The van der Waals surface area contributed by atoms with Crippen LogP contribution in [0.3, 0.4) is 0 Å². The topological polar surface area (TPSA) is 73.2 Å². The van der Waals surface area contributed by atoms with Crippen LogP contribution >= 0.6 is 11.8 Å². The van der Waals surface area contributed by atoms with Crippen LogP contribution in [-0.4, -0.2) is 27.3 Å². The van der Waals surface area contributed by atoms with Crippen LogP contribution in [-0.2, 0) is 18.7 Å². The van der Waals surface area contributed by atoms with E-state index in [1.165, 1.54) is 12.8 Å². The molecule has 1 atom stereocenters. The Bertz CT molecular complexity index is 1480. The third-order valence-electron chi connectivity index (χ3n) is 8.09. The Morgan fingerprint density at radius 2 is 1.80 bits per heavy atom. The Kier molecular flexibility index (Phi) is 8.52. The van der Waals surface area contributed by atoms with Crippen molar-refractivity contribution >= 4 is 23.5 Å². The summed E-state index contributed by atoms with van der Waals surface area (Å²) in [6.45, 7) is 0.622. The molecule has 0 unspecified atom stereocenters. The van der Waals surface area contributed by atoms with Gasteiger partial charge in [-0.2, -0.15) is 0 Å². The van der Waals surface area contributed by atoms with Crippen molar-refractivity contribution in [1.82, 2.24) is 14.9 Å². The molecule has 1 N–H and O–H groups in total. The summed E-state index contributed by atoms with van der Waals surface area (Å²) in [6.07, 6.45) is 12.1. The van der Waals surface area contributed by atoms with Crippen LogP contribution < -0.4 is 10.1 Å². The van der Waals surface area contributed by atoms with Gasteiger partial charge < -0.3 is 14.6 Å². The molecule has 0 radical (unpaired) electrons. The highest BCUT2D eigenvalue weighted by Crippen LogP contribution is 2.38. The number of carbonyl (C=O) groups excluding carboxylic acids is 2. The second-order valence-corrected chi connectivity index (χ2v) is 11.9. The van der Waals surface area contributed by atoms with Gasteiger partial charge in [0.1, 0.15) is 11.9 Å². The van der Waals surface area contributed by atoms with E-state index in [-0.39, 0.29) is 17.8 Å². The van der Waals surface area contributed by atoms with E-state index >= 15 is 0 Å². The molecule has 0 bridgehead atoms. The molecule has 0 aliphatic heterocycles. The molecule has 1 amide bonds. The molecule has 6 nitrogen and oxygen atoms in total. The number of nitrogens with one attached hydrogen (secondary N) is 1. The summed E-state index contributed by atoms with van der Waals surface area (Å²) in [4.78, 5) is 30.8. The number of imidazole rings is 1. The van der Waals surface area contributed by atoms with Crippen molar-refractivity contribution in [3.05, 3.63) is 113 Å². The van der Waals surface area contributed by atoms with Crippen LogP contribution in [0.15, 0.2) is 90.3 Å². The molecule has 3 aromatic carbocycles. The molecule has 1 fully saturated rings. The molecule has 2 aliphatic carbocycles. The summed E-state index contributed by atoms with van der Waals surface area (Å²) < 4.78 is 8.81. The van der Waals surface area contributed by atoms with E-state index in [0.717, 1.165) is 58.6 Å². The Morgan fingerprint density at radius 1 is 1.00 bits per heavy atom. The van der Waals surface area contributed by atoms with E-state index in [9.17, 15) is 9.59 Å². The van der Waals surface area contributed by atoms with Crippen LogP contribution in [0.4, 0.5) is 0 Å². The number of nitrogens with zero attached hydrogens (tertiary/aromatic N) is 2. The summed E-state index contributed by atoms with van der Waals surface area (Å²) in [5, 5.41) is 3.17. The number of rotatable bonds is 10. The van der Waals surface area contributed by atoms with Crippen molar-refractivity contribution in [2.75, 3.05) is 0 Å². The number of ether oxygens (including phenoxy) is 1. The van der Waals surface area contributed by atoms with Crippen LogP contribution in [0, 0.1) is 0 Å². The van der Waals surface area contributed by atoms with E-state index in [4.69, 9.17) is 4.74 Å². The minimum absolute atomic E-state index is 0.00428. The fraction of sp³-hybridized carbons (Fsp3) is 0.324. The average Bonchev–Trinajstić information content (AvgIpc) is 3.72. The maximum absolute atomic E-state index is 12.8. The van der Waals surface area contributed by atoms with Crippen molar-refractivity contribution in [3.8, 4) is 5.75 Å². The first-order chi connectivity index (χ1) is 20.1. The predicted octanol–water partition coefficient (Wildman–Crippen LogP) is 7.19. The zero-order valence-electron chi connectivity index (χ0n) is 23.1. The van der Waals surface area contributed by atoms with E-state index in [1.54, 1.807) is 24.3 Å². The average molecular weight is 566 g/mol. The largest absolute Gasteiger partial charge is 0.484 e. The van der Waals surface area contributed by atoms with Gasteiger partial charge in [-0.05, 0) is 73.2 Å².